The maximum Gasteiger partial charge on any atom is 0.351 e. The fourth-order valence-electron chi connectivity index (χ4n) is 9.01. The Balaban J connectivity index is 1.88. The van der Waals surface area contributed by atoms with E-state index in [-0.39, 0.29) is 17.6 Å². The molecule has 0 aromatic carbocycles. The number of hydrogen-bond acceptors (Lipinski definition) is 14. The van der Waals surface area contributed by atoms with Gasteiger partial charge in [0.1, 0.15) is 23.9 Å². The highest BCUT2D eigenvalue weighted by Crippen LogP contribution is 2.71. The third-order valence-electron chi connectivity index (χ3n) is 11.6. The first-order chi connectivity index (χ1) is 23.3. The molecule has 3 heterocycles. The Morgan fingerprint density at radius 1 is 1.02 bits per heavy atom. The molecule has 1 N–H and O–H groups in total. The summed E-state index contributed by atoms with van der Waals surface area (Å²) < 4.78 is 41.0. The molecule has 11 atom stereocenters. The monoisotopic (exact) mass is 700 g/mol. The molecule has 4 aliphatic rings. The molecular weight excluding hydrogens is 656 g/mol. The second-order valence-electron chi connectivity index (χ2n) is 14.5. The highest BCUT2D eigenvalue weighted by molar-refractivity contribution is 5.95. The van der Waals surface area contributed by atoms with Gasteiger partial charge in [-0.05, 0) is 45.3 Å². The van der Waals surface area contributed by atoms with Crippen LogP contribution < -0.4 is 0 Å². The predicted molar refractivity (Wildman–Crippen MR) is 169 cm³/mol. The summed E-state index contributed by atoms with van der Waals surface area (Å²) in [5.74, 6) is -7.42. The number of furan rings is 1. The second-order valence-corrected chi connectivity index (χ2v) is 14.5. The minimum Gasteiger partial charge on any atom is -0.472 e. The zero-order valence-electron chi connectivity index (χ0n) is 29.6. The van der Waals surface area contributed by atoms with Crippen molar-refractivity contribution in [3.05, 3.63) is 48.0 Å². The number of carbonyl (C=O) groups is 6. The van der Waals surface area contributed by atoms with Gasteiger partial charge in [0.25, 0.3) is 0 Å². The second kappa shape index (κ2) is 12.5. The summed E-state index contributed by atoms with van der Waals surface area (Å²) >= 11 is 0. The molecule has 272 valence electrons. The van der Waals surface area contributed by atoms with Crippen LogP contribution in [0, 0.1) is 28.1 Å². The van der Waals surface area contributed by atoms with E-state index in [1.54, 1.807) is 20.8 Å². The number of rotatable bonds is 7. The summed E-state index contributed by atoms with van der Waals surface area (Å²) in [5, 5.41) is 12.4. The SMILES string of the molecule is C=C1[C@@H]2C(=O)[C@]3(C)C(O[C@@]14[C@H](OC(C)=O)C(=O)O[C@@H](c1ccoc1)[C@]4(C)[C@H]2O)[C@@H](OC(=O)/C(C)=C/C)[C@H](OC(C)=O)C(C)(C)[C@@H]3CC(=O)OC. The van der Waals surface area contributed by atoms with E-state index in [9.17, 15) is 29.1 Å². The number of fused-ring (bicyclic) bond motifs is 2. The molecule has 0 radical (unpaired) electrons. The van der Waals surface area contributed by atoms with Crippen molar-refractivity contribution in [2.45, 2.75) is 104 Å². The van der Waals surface area contributed by atoms with Crippen LogP contribution in [0.2, 0.25) is 0 Å². The average molecular weight is 701 g/mol. The fraction of sp³-hybridized carbons (Fsp3) is 0.611. The zero-order valence-corrected chi connectivity index (χ0v) is 29.6. The molecule has 14 heteroatoms. The maximum absolute atomic E-state index is 15.4. The summed E-state index contributed by atoms with van der Waals surface area (Å²) in [4.78, 5) is 81.4. The van der Waals surface area contributed by atoms with Crippen molar-refractivity contribution in [2.75, 3.05) is 7.11 Å². The van der Waals surface area contributed by atoms with E-state index >= 15 is 4.79 Å². The van der Waals surface area contributed by atoms with E-state index in [1.165, 1.54) is 52.5 Å². The first-order valence-electron chi connectivity index (χ1n) is 16.3. The quantitative estimate of drug-likeness (QED) is 0.189. The normalized spacial score (nSPS) is 38.9. The minimum atomic E-state index is -2.21. The number of methoxy groups -OCH3 is 1. The molecule has 1 unspecified atom stereocenters. The molecule has 2 aliphatic heterocycles. The standard InChI is InChI=1S/C36H44O14/c1-11-16(2)31(42)48-24-28(46-18(4)37)33(6,7)21(14-22(39)44-10)34(8)25(40)23-17(3)36(50-29(24)34)30(47-19(5)38)32(43)49-27(20-12-13-45-15-20)35(36,9)26(23)41/h11-13,15,21,23-24,26-30,41H,3,14H2,1-2,4-10H3/b16-11+/t21-,23+,24-,26-,27-,28-,29?,30+,34+,35-,36+/m0/s1. The first-order valence-corrected chi connectivity index (χ1v) is 16.3. The number of aliphatic hydroxyl groups is 1. The van der Waals surface area contributed by atoms with Gasteiger partial charge in [-0.25, -0.2) is 9.59 Å². The number of carbonyl (C=O) groups excluding carboxylic acids is 6. The van der Waals surface area contributed by atoms with E-state index in [2.05, 4.69) is 6.58 Å². The molecule has 14 nitrogen and oxygen atoms in total. The van der Waals surface area contributed by atoms with Crippen LogP contribution in [0.1, 0.15) is 73.5 Å². The van der Waals surface area contributed by atoms with Gasteiger partial charge in [-0.2, -0.15) is 0 Å². The maximum atomic E-state index is 15.4. The smallest absolute Gasteiger partial charge is 0.351 e. The van der Waals surface area contributed by atoms with Gasteiger partial charge < -0.3 is 37.9 Å². The van der Waals surface area contributed by atoms with Crippen LogP contribution in [-0.4, -0.2) is 84.0 Å². The number of esters is 5. The highest BCUT2D eigenvalue weighted by Gasteiger charge is 2.83. The molecule has 2 saturated heterocycles. The minimum absolute atomic E-state index is 0.0853. The Labute approximate surface area is 289 Å². The average Bonchev–Trinajstić information content (AvgIpc) is 3.62. The van der Waals surface area contributed by atoms with Crippen LogP contribution in [0.15, 0.2) is 46.8 Å². The fourth-order valence-corrected chi connectivity index (χ4v) is 9.01. The molecule has 5 rings (SSSR count). The Hall–Kier alpha value is -4.30. The van der Waals surface area contributed by atoms with Crippen molar-refractivity contribution in [1.29, 1.82) is 0 Å². The lowest BCUT2D eigenvalue weighted by Gasteiger charge is -2.62. The molecule has 2 saturated carbocycles. The lowest BCUT2D eigenvalue weighted by Crippen LogP contribution is -2.74. The number of aliphatic hydroxyl groups excluding tert-OH is 1. The Bertz CT molecular complexity index is 1660. The van der Waals surface area contributed by atoms with Gasteiger partial charge in [0.05, 0.1) is 48.9 Å². The summed E-state index contributed by atoms with van der Waals surface area (Å²) in [6, 6.07) is 1.51. The van der Waals surface area contributed by atoms with Crippen molar-refractivity contribution in [2.24, 2.45) is 28.1 Å². The molecule has 2 aliphatic carbocycles. The van der Waals surface area contributed by atoms with Gasteiger partial charge >= 0.3 is 29.8 Å². The Kier molecular flexibility index (Phi) is 9.23. The summed E-state index contributed by atoms with van der Waals surface area (Å²) in [6.45, 7) is 16.0. The summed E-state index contributed by atoms with van der Waals surface area (Å²) in [5.41, 5.74) is -6.72. The van der Waals surface area contributed by atoms with Crippen molar-refractivity contribution in [3.63, 3.8) is 0 Å². The molecule has 1 spiro atoms. The molecule has 50 heavy (non-hydrogen) atoms. The third-order valence-corrected chi connectivity index (χ3v) is 11.6. The lowest BCUT2D eigenvalue weighted by atomic mass is 9.49. The number of ketones is 1. The van der Waals surface area contributed by atoms with Crippen molar-refractivity contribution >= 4 is 35.6 Å². The first kappa shape index (κ1) is 37.0. The number of ether oxygens (including phenoxy) is 6. The summed E-state index contributed by atoms with van der Waals surface area (Å²) in [7, 11) is 1.18. The van der Waals surface area contributed by atoms with Gasteiger partial charge in [-0.15, -0.1) is 0 Å². The predicted octanol–water partition coefficient (Wildman–Crippen LogP) is 3.10. The van der Waals surface area contributed by atoms with Crippen LogP contribution >= 0.6 is 0 Å². The van der Waals surface area contributed by atoms with Gasteiger partial charge in [-0.1, -0.05) is 26.5 Å². The van der Waals surface area contributed by atoms with Crippen LogP contribution in [-0.2, 0) is 57.2 Å². The molecule has 2 bridgehead atoms. The van der Waals surface area contributed by atoms with Crippen LogP contribution in [0.3, 0.4) is 0 Å². The lowest BCUT2D eigenvalue weighted by molar-refractivity contribution is -0.316. The van der Waals surface area contributed by atoms with E-state index in [0.29, 0.717) is 5.56 Å². The van der Waals surface area contributed by atoms with Crippen LogP contribution in [0.4, 0.5) is 0 Å². The highest BCUT2D eigenvalue weighted by atomic mass is 16.6. The third kappa shape index (κ3) is 4.96. The van der Waals surface area contributed by atoms with Crippen molar-refractivity contribution < 1.29 is 66.7 Å². The summed E-state index contributed by atoms with van der Waals surface area (Å²) in [6.07, 6.45) is -5.62. The molecule has 1 aromatic rings. The van der Waals surface area contributed by atoms with E-state index in [0.717, 1.165) is 13.8 Å². The van der Waals surface area contributed by atoms with Crippen molar-refractivity contribution in [1.82, 2.24) is 0 Å². The number of cyclic esters (lactones) is 1. The topological polar surface area (TPSA) is 191 Å². The van der Waals surface area contributed by atoms with Gasteiger partial charge in [0.15, 0.2) is 11.9 Å². The molecule has 4 fully saturated rings. The number of hydrogen-bond donors (Lipinski definition) is 1. The molecule has 0 amide bonds. The van der Waals surface area contributed by atoms with Crippen molar-refractivity contribution in [3.8, 4) is 0 Å². The van der Waals surface area contributed by atoms with Gasteiger partial charge in [-0.3, -0.25) is 19.2 Å². The van der Waals surface area contributed by atoms with E-state index in [4.69, 9.17) is 32.8 Å². The molecule has 1 aromatic heterocycles. The number of allylic oxidation sites excluding steroid dienone is 1. The molecular formula is C36H44O14. The zero-order chi connectivity index (χ0) is 37.3. The van der Waals surface area contributed by atoms with E-state index < -0.39 is 106 Å². The van der Waals surface area contributed by atoms with Crippen LogP contribution in [0.25, 0.3) is 0 Å². The largest absolute Gasteiger partial charge is 0.472 e. The Morgan fingerprint density at radius 2 is 1.66 bits per heavy atom. The van der Waals surface area contributed by atoms with Gasteiger partial charge in [0, 0.05) is 30.4 Å². The van der Waals surface area contributed by atoms with E-state index in [1.807, 2.05) is 0 Å². The Morgan fingerprint density at radius 3 is 2.20 bits per heavy atom. The van der Waals surface area contributed by atoms with Crippen LogP contribution in [0.5, 0.6) is 0 Å². The number of Topliss-reactive ketones (excluding diaryl/α,β-unsaturated/α-hetero) is 1. The van der Waals surface area contributed by atoms with Gasteiger partial charge in [0.2, 0.25) is 6.10 Å².